The van der Waals surface area contributed by atoms with Crippen molar-refractivity contribution in [3.8, 4) is 0 Å². The maximum atomic E-state index is 12.8. The Balaban J connectivity index is 1.73. The first-order valence-corrected chi connectivity index (χ1v) is 8.69. The zero-order valence-electron chi connectivity index (χ0n) is 14.1. The Morgan fingerprint density at radius 1 is 0.920 bits per heavy atom. The second-order valence-electron chi connectivity index (χ2n) is 6.58. The zero-order valence-corrected chi connectivity index (χ0v) is 14.1. The Hall–Kier alpha value is -2.69. The standard InChI is InChI=1S/C20H23N3O2/c21-19(24)16-6-8-17(9-7-16)20(25)23-18(14-4-2-1-3-5-14)15-10-12-22-13-11-15/h1-5,10-13,16-18H,6-9H2,(H2,21,24)(H,23,25). The lowest BCUT2D eigenvalue weighted by atomic mass is 9.81. The summed E-state index contributed by atoms with van der Waals surface area (Å²) in [6, 6.07) is 13.5. The molecule has 0 aliphatic heterocycles. The van der Waals surface area contributed by atoms with Crippen LogP contribution >= 0.6 is 0 Å². The van der Waals surface area contributed by atoms with Gasteiger partial charge < -0.3 is 11.1 Å². The fourth-order valence-electron chi connectivity index (χ4n) is 3.46. The molecule has 1 atom stereocenters. The molecule has 25 heavy (non-hydrogen) atoms. The molecule has 1 aliphatic carbocycles. The highest BCUT2D eigenvalue weighted by atomic mass is 16.2. The first-order valence-electron chi connectivity index (χ1n) is 8.69. The Bertz CT molecular complexity index is 671. The summed E-state index contributed by atoms with van der Waals surface area (Å²) in [7, 11) is 0. The van der Waals surface area contributed by atoms with Crippen molar-refractivity contribution in [1.82, 2.24) is 10.3 Å². The maximum Gasteiger partial charge on any atom is 0.223 e. The molecule has 3 N–H and O–H groups in total. The van der Waals surface area contributed by atoms with Crippen LogP contribution in [-0.2, 0) is 9.59 Å². The molecule has 0 saturated heterocycles. The molecule has 2 aromatic rings. The van der Waals surface area contributed by atoms with Crippen LogP contribution in [0.15, 0.2) is 54.9 Å². The van der Waals surface area contributed by atoms with Crippen LogP contribution in [0.25, 0.3) is 0 Å². The zero-order chi connectivity index (χ0) is 17.6. The first kappa shape index (κ1) is 17.1. The van der Waals surface area contributed by atoms with Gasteiger partial charge in [-0.05, 0) is 48.9 Å². The minimum absolute atomic E-state index is 0.0357. The molecule has 1 aliphatic rings. The van der Waals surface area contributed by atoms with E-state index >= 15 is 0 Å². The molecule has 0 spiro atoms. The molecule has 2 amide bonds. The van der Waals surface area contributed by atoms with Gasteiger partial charge in [0.05, 0.1) is 6.04 Å². The monoisotopic (exact) mass is 337 g/mol. The highest BCUT2D eigenvalue weighted by Gasteiger charge is 2.30. The minimum Gasteiger partial charge on any atom is -0.369 e. The molecule has 1 aromatic heterocycles. The molecule has 1 heterocycles. The third-order valence-electron chi connectivity index (χ3n) is 4.96. The minimum atomic E-state index is -0.252. The molecule has 5 nitrogen and oxygen atoms in total. The molecule has 130 valence electrons. The van der Waals surface area contributed by atoms with Crippen molar-refractivity contribution in [2.45, 2.75) is 31.7 Å². The molecule has 1 fully saturated rings. The average Bonchev–Trinajstić information content (AvgIpc) is 2.67. The third kappa shape index (κ3) is 4.24. The van der Waals surface area contributed by atoms with Crippen LogP contribution in [0.2, 0.25) is 0 Å². The Kier molecular flexibility index (Phi) is 5.43. The highest BCUT2D eigenvalue weighted by Crippen LogP contribution is 2.30. The third-order valence-corrected chi connectivity index (χ3v) is 4.96. The van der Waals surface area contributed by atoms with Gasteiger partial charge >= 0.3 is 0 Å². The number of nitrogens with one attached hydrogen (secondary N) is 1. The van der Waals surface area contributed by atoms with E-state index in [1.54, 1.807) is 12.4 Å². The van der Waals surface area contributed by atoms with Gasteiger partial charge in [-0.3, -0.25) is 14.6 Å². The van der Waals surface area contributed by atoms with Gasteiger partial charge in [-0.25, -0.2) is 0 Å². The Labute approximate surface area is 147 Å². The van der Waals surface area contributed by atoms with Crippen LogP contribution in [-0.4, -0.2) is 16.8 Å². The second kappa shape index (κ2) is 7.92. The summed E-state index contributed by atoms with van der Waals surface area (Å²) in [4.78, 5) is 28.1. The van der Waals surface area contributed by atoms with E-state index in [0.717, 1.165) is 11.1 Å². The van der Waals surface area contributed by atoms with E-state index in [9.17, 15) is 9.59 Å². The fraction of sp³-hybridized carbons (Fsp3) is 0.350. The summed E-state index contributed by atoms with van der Waals surface area (Å²) in [5.41, 5.74) is 7.41. The smallest absolute Gasteiger partial charge is 0.223 e. The molecule has 5 heteroatoms. The van der Waals surface area contributed by atoms with Gasteiger partial charge in [-0.1, -0.05) is 30.3 Å². The van der Waals surface area contributed by atoms with Crippen molar-refractivity contribution in [2.75, 3.05) is 0 Å². The number of primary amides is 1. The van der Waals surface area contributed by atoms with Gasteiger partial charge in [0.1, 0.15) is 0 Å². The average molecular weight is 337 g/mol. The van der Waals surface area contributed by atoms with Crippen molar-refractivity contribution >= 4 is 11.8 Å². The van der Waals surface area contributed by atoms with Crippen LogP contribution in [0.1, 0.15) is 42.9 Å². The number of benzene rings is 1. The molecular formula is C20H23N3O2. The quantitative estimate of drug-likeness (QED) is 0.879. The Morgan fingerprint density at radius 3 is 2.08 bits per heavy atom. The van der Waals surface area contributed by atoms with Crippen molar-refractivity contribution in [2.24, 2.45) is 17.6 Å². The van der Waals surface area contributed by atoms with E-state index < -0.39 is 0 Å². The number of pyridine rings is 1. The van der Waals surface area contributed by atoms with Crippen LogP contribution in [0.3, 0.4) is 0 Å². The van der Waals surface area contributed by atoms with Gasteiger partial charge in [-0.2, -0.15) is 0 Å². The number of carbonyl (C=O) groups is 2. The van der Waals surface area contributed by atoms with Crippen LogP contribution in [0.5, 0.6) is 0 Å². The molecule has 1 unspecified atom stereocenters. The van der Waals surface area contributed by atoms with Crippen molar-refractivity contribution in [3.05, 3.63) is 66.0 Å². The van der Waals surface area contributed by atoms with Gasteiger partial charge in [0.15, 0.2) is 0 Å². The number of carbonyl (C=O) groups excluding carboxylic acids is 2. The lowest BCUT2D eigenvalue weighted by Crippen LogP contribution is -2.37. The number of aromatic nitrogens is 1. The van der Waals surface area contributed by atoms with E-state index in [4.69, 9.17) is 5.73 Å². The van der Waals surface area contributed by atoms with E-state index in [2.05, 4.69) is 10.3 Å². The molecule has 0 radical (unpaired) electrons. The van der Waals surface area contributed by atoms with Crippen LogP contribution in [0, 0.1) is 11.8 Å². The maximum absolute atomic E-state index is 12.8. The summed E-state index contributed by atoms with van der Waals surface area (Å²) in [6.45, 7) is 0. The van der Waals surface area contributed by atoms with E-state index in [-0.39, 0.29) is 29.7 Å². The largest absolute Gasteiger partial charge is 0.369 e. The number of amides is 2. The van der Waals surface area contributed by atoms with E-state index in [1.807, 2.05) is 42.5 Å². The van der Waals surface area contributed by atoms with Gasteiger partial charge in [-0.15, -0.1) is 0 Å². The van der Waals surface area contributed by atoms with E-state index in [1.165, 1.54) is 0 Å². The number of rotatable bonds is 5. The molecule has 1 saturated carbocycles. The van der Waals surface area contributed by atoms with Gasteiger partial charge in [0.25, 0.3) is 0 Å². The lowest BCUT2D eigenvalue weighted by molar-refractivity contribution is -0.129. The SMILES string of the molecule is NC(=O)C1CCC(C(=O)NC(c2ccccc2)c2ccncc2)CC1. The lowest BCUT2D eigenvalue weighted by Gasteiger charge is -2.28. The van der Waals surface area contributed by atoms with Crippen molar-refractivity contribution < 1.29 is 9.59 Å². The van der Waals surface area contributed by atoms with Crippen molar-refractivity contribution in [3.63, 3.8) is 0 Å². The molecular weight excluding hydrogens is 314 g/mol. The van der Waals surface area contributed by atoms with Crippen LogP contribution < -0.4 is 11.1 Å². The molecule has 3 rings (SSSR count). The van der Waals surface area contributed by atoms with Crippen molar-refractivity contribution in [1.29, 1.82) is 0 Å². The summed E-state index contributed by atoms with van der Waals surface area (Å²) in [5, 5.41) is 3.18. The first-order chi connectivity index (χ1) is 12.1. The summed E-state index contributed by atoms with van der Waals surface area (Å²) < 4.78 is 0. The summed E-state index contributed by atoms with van der Waals surface area (Å²) >= 11 is 0. The predicted molar refractivity (Wildman–Crippen MR) is 95.3 cm³/mol. The number of nitrogens with two attached hydrogens (primary N) is 1. The van der Waals surface area contributed by atoms with Gasteiger partial charge in [0, 0.05) is 24.2 Å². The molecule has 0 bridgehead atoms. The topological polar surface area (TPSA) is 85.1 Å². The fourth-order valence-corrected chi connectivity index (χ4v) is 3.46. The highest BCUT2D eigenvalue weighted by molar-refractivity contribution is 5.81. The number of nitrogens with zero attached hydrogens (tertiary/aromatic N) is 1. The van der Waals surface area contributed by atoms with E-state index in [0.29, 0.717) is 25.7 Å². The Morgan fingerprint density at radius 2 is 1.48 bits per heavy atom. The summed E-state index contributed by atoms with van der Waals surface area (Å²) in [6.07, 6.45) is 6.26. The summed E-state index contributed by atoms with van der Waals surface area (Å²) in [5.74, 6) is -0.371. The second-order valence-corrected chi connectivity index (χ2v) is 6.58. The number of hydrogen-bond donors (Lipinski definition) is 2. The molecule has 1 aromatic carbocycles. The predicted octanol–water partition coefficient (Wildman–Crippen LogP) is 2.58. The van der Waals surface area contributed by atoms with Crippen LogP contribution in [0.4, 0.5) is 0 Å². The van der Waals surface area contributed by atoms with Gasteiger partial charge in [0.2, 0.25) is 11.8 Å². The number of hydrogen-bond acceptors (Lipinski definition) is 3. The normalized spacial score (nSPS) is 21.3.